The van der Waals surface area contributed by atoms with Crippen LogP contribution in [-0.4, -0.2) is 29.9 Å². The second-order valence-corrected chi connectivity index (χ2v) is 7.88. The number of hydrogen-bond acceptors (Lipinski definition) is 5. The molecule has 2 aliphatic rings. The molecule has 0 radical (unpaired) electrons. The number of ketones is 1. The Hall–Kier alpha value is -2.63. The van der Waals surface area contributed by atoms with Gasteiger partial charge in [-0.3, -0.25) is 9.59 Å². The minimum absolute atomic E-state index is 0.0786. The average Bonchev–Trinajstić information content (AvgIpc) is 3.25. The van der Waals surface area contributed by atoms with Crippen molar-refractivity contribution in [3.05, 3.63) is 47.0 Å². The normalized spacial score (nSPS) is 29.9. The van der Waals surface area contributed by atoms with Gasteiger partial charge in [0.2, 0.25) is 0 Å². The van der Waals surface area contributed by atoms with Gasteiger partial charge in [0.05, 0.1) is 24.5 Å². The first kappa shape index (κ1) is 19.1. The van der Waals surface area contributed by atoms with Crippen LogP contribution < -0.4 is 0 Å². The van der Waals surface area contributed by atoms with Crippen molar-refractivity contribution in [1.29, 1.82) is 0 Å². The maximum absolute atomic E-state index is 12.8. The van der Waals surface area contributed by atoms with E-state index in [1.54, 1.807) is 13.0 Å². The summed E-state index contributed by atoms with van der Waals surface area (Å²) in [4.78, 5) is 37.3. The number of Topliss-reactive ketones (excluding diaryl/α,β-unsaturated/α-hetero) is 1. The van der Waals surface area contributed by atoms with Crippen molar-refractivity contribution in [2.45, 2.75) is 40.0 Å². The Morgan fingerprint density at radius 2 is 2.04 bits per heavy atom. The number of carboxylic acid groups (broad SMARTS) is 1. The fraction of sp³-hybridized carbons (Fsp3) is 0.476. The van der Waals surface area contributed by atoms with Crippen molar-refractivity contribution in [1.82, 2.24) is 0 Å². The molecule has 0 aromatic carbocycles. The standard InChI is InChI=1S/C21H24O6/c1-12-5-6-15-17(14(18(23)24)9-21(15,3)19(25)26-4)20(12,2)10-16(22)13-7-8-27-11-13/h7-9,11-12H,5-6,10H2,1-4H3,(H,23,24)/t12-,20-,21-/m1/s1. The van der Waals surface area contributed by atoms with E-state index >= 15 is 0 Å². The van der Waals surface area contributed by atoms with E-state index in [9.17, 15) is 19.5 Å². The maximum atomic E-state index is 12.8. The van der Waals surface area contributed by atoms with Crippen LogP contribution >= 0.6 is 0 Å². The molecule has 0 unspecified atom stereocenters. The van der Waals surface area contributed by atoms with Gasteiger partial charge >= 0.3 is 11.9 Å². The number of carbonyl (C=O) groups is 3. The van der Waals surface area contributed by atoms with E-state index in [1.165, 1.54) is 25.7 Å². The van der Waals surface area contributed by atoms with Crippen LogP contribution in [0.5, 0.6) is 0 Å². The molecule has 144 valence electrons. The van der Waals surface area contributed by atoms with E-state index in [4.69, 9.17) is 9.15 Å². The Morgan fingerprint density at radius 3 is 2.59 bits per heavy atom. The molecule has 1 aromatic rings. The van der Waals surface area contributed by atoms with Crippen LogP contribution in [0, 0.1) is 16.7 Å². The zero-order chi connectivity index (χ0) is 20.0. The van der Waals surface area contributed by atoms with Crippen molar-refractivity contribution in [3.8, 4) is 0 Å². The first-order chi connectivity index (χ1) is 12.6. The van der Waals surface area contributed by atoms with Crippen molar-refractivity contribution in [2.24, 2.45) is 16.7 Å². The van der Waals surface area contributed by atoms with Crippen LogP contribution in [-0.2, 0) is 14.3 Å². The highest BCUT2D eigenvalue weighted by Gasteiger charge is 2.53. The summed E-state index contributed by atoms with van der Waals surface area (Å²) in [6.07, 6.45) is 5.84. The second-order valence-electron chi connectivity index (χ2n) is 7.88. The summed E-state index contributed by atoms with van der Waals surface area (Å²) in [5, 5.41) is 9.82. The van der Waals surface area contributed by atoms with E-state index in [0.29, 0.717) is 17.6 Å². The molecule has 0 bridgehead atoms. The highest BCUT2D eigenvalue weighted by atomic mass is 16.5. The summed E-state index contributed by atoms with van der Waals surface area (Å²) >= 11 is 0. The van der Waals surface area contributed by atoms with Gasteiger partial charge in [0, 0.05) is 11.8 Å². The third kappa shape index (κ3) is 2.83. The first-order valence-corrected chi connectivity index (χ1v) is 8.99. The molecule has 1 aromatic heterocycles. The van der Waals surface area contributed by atoms with Gasteiger partial charge in [0.15, 0.2) is 5.78 Å². The summed E-state index contributed by atoms with van der Waals surface area (Å²) in [7, 11) is 1.30. The van der Waals surface area contributed by atoms with Crippen LogP contribution in [0.25, 0.3) is 0 Å². The Labute approximate surface area is 157 Å². The third-order valence-electron chi connectivity index (χ3n) is 6.33. The Balaban J connectivity index is 2.13. The Kier molecular flexibility index (Phi) is 4.62. The number of furan rings is 1. The number of carbonyl (C=O) groups excluding carboxylic acids is 2. The molecule has 6 heteroatoms. The molecule has 0 spiro atoms. The third-order valence-corrected chi connectivity index (χ3v) is 6.33. The largest absolute Gasteiger partial charge is 0.478 e. The lowest BCUT2D eigenvalue weighted by Gasteiger charge is -2.43. The molecule has 1 heterocycles. The van der Waals surface area contributed by atoms with Crippen LogP contribution in [0.2, 0.25) is 0 Å². The summed E-state index contributed by atoms with van der Waals surface area (Å²) in [6, 6.07) is 1.61. The Morgan fingerprint density at radius 1 is 1.33 bits per heavy atom. The molecule has 27 heavy (non-hydrogen) atoms. The minimum Gasteiger partial charge on any atom is -0.478 e. The first-order valence-electron chi connectivity index (χ1n) is 8.99. The lowest BCUT2D eigenvalue weighted by atomic mass is 9.60. The van der Waals surface area contributed by atoms with Crippen LogP contribution in [0.15, 0.2) is 45.8 Å². The summed E-state index contributed by atoms with van der Waals surface area (Å²) in [5.74, 6) is -1.60. The minimum atomic E-state index is -1.11. The molecule has 3 rings (SSSR count). The fourth-order valence-corrected chi connectivity index (χ4v) is 4.52. The summed E-state index contributed by atoms with van der Waals surface area (Å²) in [5.41, 5.74) is 0.124. The topological polar surface area (TPSA) is 93.8 Å². The molecule has 6 nitrogen and oxygen atoms in total. The molecule has 0 saturated carbocycles. The molecule has 1 N–H and O–H groups in total. The fourth-order valence-electron chi connectivity index (χ4n) is 4.52. The van der Waals surface area contributed by atoms with E-state index in [0.717, 1.165) is 12.0 Å². The van der Waals surface area contributed by atoms with Crippen LogP contribution in [0.1, 0.15) is 50.4 Å². The number of methoxy groups -OCH3 is 1. The number of carboxylic acids is 1. The molecule has 2 aliphatic carbocycles. The van der Waals surface area contributed by atoms with Crippen molar-refractivity contribution in [2.75, 3.05) is 7.11 Å². The van der Waals surface area contributed by atoms with E-state index in [-0.39, 0.29) is 23.7 Å². The van der Waals surface area contributed by atoms with E-state index in [2.05, 4.69) is 0 Å². The number of aliphatic carboxylic acids is 1. The quantitative estimate of drug-likeness (QED) is 0.624. The smallest absolute Gasteiger partial charge is 0.335 e. The van der Waals surface area contributed by atoms with E-state index < -0.39 is 22.8 Å². The monoisotopic (exact) mass is 372 g/mol. The Bertz CT molecular complexity index is 859. The predicted molar refractivity (Wildman–Crippen MR) is 97.0 cm³/mol. The molecule has 0 saturated heterocycles. The summed E-state index contributed by atoms with van der Waals surface area (Å²) in [6.45, 7) is 5.64. The van der Waals surface area contributed by atoms with Gasteiger partial charge in [-0.25, -0.2) is 4.79 Å². The zero-order valence-electron chi connectivity index (χ0n) is 16.0. The second kappa shape index (κ2) is 6.51. The molecule has 0 aliphatic heterocycles. The van der Waals surface area contributed by atoms with Gasteiger partial charge in [-0.1, -0.05) is 13.8 Å². The molecular weight excluding hydrogens is 348 g/mol. The molecule has 3 atom stereocenters. The molecule has 0 fully saturated rings. The van der Waals surface area contributed by atoms with Crippen LogP contribution in [0.4, 0.5) is 0 Å². The maximum Gasteiger partial charge on any atom is 0.335 e. The number of ether oxygens (including phenoxy) is 1. The summed E-state index contributed by atoms with van der Waals surface area (Å²) < 4.78 is 9.97. The highest BCUT2D eigenvalue weighted by Crippen LogP contribution is 2.58. The predicted octanol–water partition coefficient (Wildman–Crippen LogP) is 3.79. The number of esters is 1. The molecule has 0 amide bonds. The van der Waals surface area contributed by atoms with Crippen molar-refractivity contribution in [3.63, 3.8) is 0 Å². The lowest BCUT2D eigenvalue weighted by Crippen LogP contribution is -2.38. The van der Waals surface area contributed by atoms with Crippen molar-refractivity contribution < 1.29 is 28.6 Å². The number of hydrogen-bond donors (Lipinski definition) is 1. The van der Waals surface area contributed by atoms with Crippen molar-refractivity contribution >= 4 is 17.7 Å². The van der Waals surface area contributed by atoms with Gasteiger partial charge in [0.1, 0.15) is 11.7 Å². The SMILES string of the molecule is COC(=O)[C@]1(C)C=C(C(=O)O)C2=C1CC[C@@H](C)[C@@]2(C)CC(=O)c1ccoc1. The lowest BCUT2D eigenvalue weighted by molar-refractivity contribution is -0.147. The van der Waals surface area contributed by atoms with Gasteiger partial charge in [-0.15, -0.1) is 0 Å². The van der Waals surface area contributed by atoms with Gasteiger partial charge in [-0.2, -0.15) is 0 Å². The highest BCUT2D eigenvalue weighted by molar-refractivity contribution is 6.00. The van der Waals surface area contributed by atoms with Gasteiger partial charge in [0.25, 0.3) is 0 Å². The average molecular weight is 372 g/mol. The van der Waals surface area contributed by atoms with Gasteiger partial charge < -0.3 is 14.3 Å². The zero-order valence-corrected chi connectivity index (χ0v) is 16.0. The van der Waals surface area contributed by atoms with Crippen LogP contribution in [0.3, 0.4) is 0 Å². The number of rotatable bonds is 5. The van der Waals surface area contributed by atoms with E-state index in [1.807, 2.05) is 13.8 Å². The molecular formula is C21H24O6. The van der Waals surface area contributed by atoms with Gasteiger partial charge in [-0.05, 0) is 49.0 Å².